The molecule has 0 unspecified atom stereocenters. The molecule has 4 heteroatoms. The van der Waals surface area contributed by atoms with Crippen molar-refractivity contribution in [2.45, 2.75) is 31.9 Å². The molecule has 0 radical (unpaired) electrons. The molecule has 1 heterocycles. The van der Waals surface area contributed by atoms with E-state index in [1.165, 1.54) is 0 Å². The third-order valence-corrected chi connectivity index (χ3v) is 3.16. The zero-order valence-corrected chi connectivity index (χ0v) is 10.7. The van der Waals surface area contributed by atoms with Crippen molar-refractivity contribution in [3.8, 4) is 0 Å². The maximum Gasteiger partial charge on any atom is 0.238 e. The van der Waals surface area contributed by atoms with Crippen molar-refractivity contribution in [1.29, 1.82) is 0 Å². The number of carbonyl (C=O) groups excluding carboxylic acids is 1. The summed E-state index contributed by atoms with van der Waals surface area (Å²) in [6.07, 6.45) is 2.44. The molecule has 0 spiro atoms. The molecule has 1 aromatic rings. The maximum absolute atomic E-state index is 11.7. The van der Waals surface area contributed by atoms with Crippen molar-refractivity contribution in [1.82, 2.24) is 5.32 Å². The predicted molar refractivity (Wildman–Crippen MR) is 71.5 cm³/mol. The Labute approximate surface area is 108 Å². The van der Waals surface area contributed by atoms with Gasteiger partial charge in [0.25, 0.3) is 0 Å². The molecule has 1 amide bonds. The molecule has 98 valence electrons. The maximum atomic E-state index is 11.7. The van der Waals surface area contributed by atoms with Gasteiger partial charge in [0, 0.05) is 18.3 Å². The molecule has 2 rings (SSSR count). The molecular weight excluding hydrogens is 228 g/mol. The van der Waals surface area contributed by atoms with E-state index in [4.69, 9.17) is 4.74 Å². The van der Waals surface area contributed by atoms with E-state index >= 15 is 0 Å². The first kappa shape index (κ1) is 13.1. The summed E-state index contributed by atoms with van der Waals surface area (Å²) in [4.78, 5) is 11.7. The summed E-state index contributed by atoms with van der Waals surface area (Å²) in [5, 5.41) is 6.05. The highest BCUT2D eigenvalue weighted by molar-refractivity contribution is 5.92. The van der Waals surface area contributed by atoms with Crippen molar-refractivity contribution in [2.75, 3.05) is 18.5 Å². The highest BCUT2D eigenvalue weighted by Crippen LogP contribution is 2.15. The van der Waals surface area contributed by atoms with Crippen LogP contribution in [0.4, 0.5) is 5.69 Å². The molecule has 1 fully saturated rings. The summed E-state index contributed by atoms with van der Waals surface area (Å²) >= 11 is 0. The van der Waals surface area contributed by atoms with E-state index in [-0.39, 0.29) is 18.1 Å². The number of nitrogens with one attached hydrogen (secondary N) is 2. The highest BCUT2D eigenvalue weighted by Gasteiger charge is 2.22. The summed E-state index contributed by atoms with van der Waals surface area (Å²) < 4.78 is 5.57. The fourth-order valence-corrected chi connectivity index (χ4v) is 2.11. The molecule has 1 aliphatic heterocycles. The summed E-state index contributed by atoms with van der Waals surface area (Å²) in [5.41, 5.74) is 0.828. The molecule has 2 atom stereocenters. The van der Waals surface area contributed by atoms with Gasteiger partial charge in [-0.2, -0.15) is 0 Å². The number of hydrogen-bond donors (Lipinski definition) is 2. The van der Waals surface area contributed by atoms with Crippen molar-refractivity contribution in [2.24, 2.45) is 0 Å². The van der Waals surface area contributed by atoms with Crippen LogP contribution in [0.15, 0.2) is 30.3 Å². The van der Waals surface area contributed by atoms with E-state index in [9.17, 15) is 4.79 Å². The van der Waals surface area contributed by atoms with Crippen molar-refractivity contribution < 1.29 is 9.53 Å². The molecule has 0 saturated carbocycles. The van der Waals surface area contributed by atoms with Crippen molar-refractivity contribution in [3.63, 3.8) is 0 Å². The van der Waals surface area contributed by atoms with E-state index in [1.54, 1.807) is 0 Å². The van der Waals surface area contributed by atoms with Crippen molar-refractivity contribution in [3.05, 3.63) is 30.3 Å². The zero-order chi connectivity index (χ0) is 12.8. The minimum atomic E-state index is -0.0222. The molecule has 2 N–H and O–H groups in total. The number of benzene rings is 1. The van der Waals surface area contributed by atoms with E-state index < -0.39 is 0 Å². The number of anilines is 1. The van der Waals surface area contributed by atoms with Crippen LogP contribution in [0.3, 0.4) is 0 Å². The molecule has 0 aliphatic carbocycles. The number of hydrogen-bond acceptors (Lipinski definition) is 3. The lowest BCUT2D eigenvalue weighted by molar-refractivity contribution is -0.115. The fraction of sp³-hybridized carbons (Fsp3) is 0.500. The van der Waals surface area contributed by atoms with Crippen LogP contribution in [-0.2, 0) is 9.53 Å². The van der Waals surface area contributed by atoms with Gasteiger partial charge in [-0.1, -0.05) is 18.2 Å². The first-order valence-electron chi connectivity index (χ1n) is 6.45. The average Bonchev–Trinajstić information content (AvgIpc) is 2.91. The molecule has 0 aromatic heterocycles. The first-order valence-corrected chi connectivity index (χ1v) is 6.45. The summed E-state index contributed by atoms with van der Waals surface area (Å²) in [6.45, 7) is 3.22. The van der Waals surface area contributed by atoms with Crippen LogP contribution in [-0.4, -0.2) is 31.2 Å². The fourth-order valence-electron chi connectivity index (χ4n) is 2.11. The molecular formula is C14H20N2O2. The van der Waals surface area contributed by atoms with Crippen LogP contribution in [0.2, 0.25) is 0 Å². The van der Waals surface area contributed by atoms with Gasteiger partial charge in [-0.25, -0.2) is 0 Å². The largest absolute Gasteiger partial charge is 0.377 e. The van der Waals surface area contributed by atoms with Gasteiger partial charge in [0.15, 0.2) is 0 Å². The Balaban J connectivity index is 1.71. The topological polar surface area (TPSA) is 50.4 Å². The van der Waals surface area contributed by atoms with Gasteiger partial charge in [-0.15, -0.1) is 0 Å². The second kappa shape index (κ2) is 6.52. The van der Waals surface area contributed by atoms with Gasteiger partial charge in [0.05, 0.1) is 12.6 Å². The quantitative estimate of drug-likeness (QED) is 0.835. The van der Waals surface area contributed by atoms with Crippen LogP contribution in [0.5, 0.6) is 0 Å². The third kappa shape index (κ3) is 3.82. The summed E-state index contributed by atoms with van der Waals surface area (Å²) in [6, 6.07) is 9.70. The first-order chi connectivity index (χ1) is 8.75. The van der Waals surface area contributed by atoms with E-state index in [1.807, 2.05) is 30.3 Å². The second-order valence-corrected chi connectivity index (χ2v) is 4.64. The monoisotopic (exact) mass is 248 g/mol. The number of rotatable bonds is 5. The lowest BCUT2D eigenvalue weighted by atomic mass is 10.1. The Morgan fingerprint density at radius 3 is 2.89 bits per heavy atom. The Hall–Kier alpha value is -1.39. The van der Waals surface area contributed by atoms with Gasteiger partial charge >= 0.3 is 0 Å². The lowest BCUT2D eigenvalue weighted by Gasteiger charge is -2.19. The van der Waals surface area contributed by atoms with Gasteiger partial charge in [-0.05, 0) is 31.9 Å². The number of ether oxygens (including phenoxy) is 1. The highest BCUT2D eigenvalue weighted by atomic mass is 16.5. The number of para-hydroxylation sites is 1. The average molecular weight is 248 g/mol. The van der Waals surface area contributed by atoms with E-state index in [2.05, 4.69) is 17.6 Å². The number of amides is 1. The minimum Gasteiger partial charge on any atom is -0.377 e. The molecule has 0 bridgehead atoms. The van der Waals surface area contributed by atoms with Gasteiger partial charge in [0.1, 0.15) is 0 Å². The van der Waals surface area contributed by atoms with Crippen LogP contribution in [0, 0.1) is 0 Å². The lowest BCUT2D eigenvalue weighted by Crippen LogP contribution is -2.41. The predicted octanol–water partition coefficient (Wildman–Crippen LogP) is 1.78. The van der Waals surface area contributed by atoms with Crippen LogP contribution in [0.1, 0.15) is 19.8 Å². The second-order valence-electron chi connectivity index (χ2n) is 4.64. The Morgan fingerprint density at radius 1 is 1.44 bits per heavy atom. The normalized spacial score (nSPS) is 20.6. The summed E-state index contributed by atoms with van der Waals surface area (Å²) in [5.74, 6) is -0.0222. The zero-order valence-electron chi connectivity index (χ0n) is 10.7. The third-order valence-electron chi connectivity index (χ3n) is 3.16. The Morgan fingerprint density at radius 2 is 2.22 bits per heavy atom. The van der Waals surface area contributed by atoms with E-state index in [0.717, 1.165) is 25.1 Å². The van der Waals surface area contributed by atoms with Crippen LogP contribution >= 0.6 is 0 Å². The standard InChI is InChI=1S/C14H20N2O2/c1-11(13-8-5-9-18-13)15-10-14(17)16-12-6-3-2-4-7-12/h2-4,6-7,11,13,15H,5,8-10H2,1H3,(H,16,17)/t11-,13+/m0/s1. The number of carbonyl (C=O) groups is 1. The van der Waals surface area contributed by atoms with Crippen molar-refractivity contribution >= 4 is 11.6 Å². The molecule has 1 saturated heterocycles. The minimum absolute atomic E-state index is 0.0222. The van der Waals surface area contributed by atoms with Gasteiger partial charge in [-0.3, -0.25) is 4.79 Å². The van der Waals surface area contributed by atoms with Crippen LogP contribution in [0.25, 0.3) is 0 Å². The molecule has 1 aliphatic rings. The van der Waals surface area contributed by atoms with E-state index in [0.29, 0.717) is 6.54 Å². The SMILES string of the molecule is C[C@H](NCC(=O)Nc1ccccc1)[C@H]1CCCO1. The molecule has 18 heavy (non-hydrogen) atoms. The van der Waals surface area contributed by atoms with Gasteiger partial charge < -0.3 is 15.4 Å². The Bertz CT molecular complexity index is 375. The molecule has 1 aromatic carbocycles. The Kier molecular flexibility index (Phi) is 4.73. The van der Waals surface area contributed by atoms with Crippen LogP contribution < -0.4 is 10.6 Å². The molecule has 4 nitrogen and oxygen atoms in total. The smallest absolute Gasteiger partial charge is 0.238 e. The summed E-state index contributed by atoms with van der Waals surface area (Å²) in [7, 11) is 0. The van der Waals surface area contributed by atoms with Gasteiger partial charge in [0.2, 0.25) is 5.91 Å².